The highest BCUT2D eigenvalue weighted by molar-refractivity contribution is 7.89. The Balaban J connectivity index is 1.74. The summed E-state index contributed by atoms with van der Waals surface area (Å²) >= 11 is 0. The lowest BCUT2D eigenvalue weighted by atomic mass is 10.1. The fourth-order valence-electron chi connectivity index (χ4n) is 4.09. The van der Waals surface area contributed by atoms with Gasteiger partial charge in [-0.1, -0.05) is 18.2 Å². The number of sulfonamides is 1. The third-order valence-corrected chi connectivity index (χ3v) is 7.44. The van der Waals surface area contributed by atoms with E-state index in [0.29, 0.717) is 18.7 Å². The van der Waals surface area contributed by atoms with Gasteiger partial charge in [0, 0.05) is 30.4 Å². The quantitative estimate of drug-likeness (QED) is 0.791. The molecule has 0 spiro atoms. The SMILES string of the molecule is COc1ccc(C(=O)N2c3ccccc3C[C@@H]2C)cc1S(=O)(=O)N1CCCC1. The predicted octanol–water partition coefficient (Wildman–Crippen LogP) is 3.07. The molecule has 0 unspecified atom stereocenters. The van der Waals surface area contributed by atoms with E-state index >= 15 is 0 Å². The van der Waals surface area contributed by atoms with Crippen molar-refractivity contribution < 1.29 is 17.9 Å². The summed E-state index contributed by atoms with van der Waals surface area (Å²) in [5.41, 5.74) is 2.36. The normalized spacial score (nSPS) is 19.6. The molecule has 2 aliphatic heterocycles. The molecule has 4 rings (SSSR count). The van der Waals surface area contributed by atoms with Crippen LogP contribution in [0.1, 0.15) is 35.7 Å². The fourth-order valence-corrected chi connectivity index (χ4v) is 5.79. The summed E-state index contributed by atoms with van der Waals surface area (Å²) < 4.78 is 33.0. The number of carbonyl (C=O) groups is 1. The number of para-hydroxylation sites is 1. The van der Waals surface area contributed by atoms with Crippen LogP contribution < -0.4 is 9.64 Å². The second kappa shape index (κ2) is 7.22. The van der Waals surface area contributed by atoms with E-state index in [4.69, 9.17) is 4.74 Å². The largest absolute Gasteiger partial charge is 0.495 e. The van der Waals surface area contributed by atoms with Crippen molar-refractivity contribution in [3.8, 4) is 5.75 Å². The Kier molecular flexibility index (Phi) is 4.89. The molecule has 6 nitrogen and oxygen atoms in total. The number of hydrogen-bond acceptors (Lipinski definition) is 4. The minimum atomic E-state index is -3.70. The average molecular weight is 401 g/mol. The van der Waals surface area contributed by atoms with Crippen molar-refractivity contribution >= 4 is 21.6 Å². The number of hydrogen-bond donors (Lipinski definition) is 0. The van der Waals surface area contributed by atoms with E-state index in [2.05, 4.69) is 0 Å². The first-order chi connectivity index (χ1) is 13.4. The van der Waals surface area contributed by atoms with Crippen LogP contribution in [-0.2, 0) is 16.4 Å². The van der Waals surface area contributed by atoms with Crippen molar-refractivity contribution in [3.05, 3.63) is 53.6 Å². The van der Waals surface area contributed by atoms with Crippen LogP contribution in [0.4, 0.5) is 5.69 Å². The average Bonchev–Trinajstić information content (AvgIpc) is 3.34. The van der Waals surface area contributed by atoms with Gasteiger partial charge in [-0.05, 0) is 56.0 Å². The van der Waals surface area contributed by atoms with Gasteiger partial charge in [-0.2, -0.15) is 4.31 Å². The number of nitrogens with zero attached hydrogens (tertiary/aromatic N) is 2. The summed E-state index contributed by atoms with van der Waals surface area (Å²) in [6.45, 7) is 3.00. The molecular weight excluding hydrogens is 376 g/mol. The number of ether oxygens (including phenoxy) is 1. The third kappa shape index (κ3) is 3.08. The molecule has 0 radical (unpaired) electrons. The van der Waals surface area contributed by atoms with Gasteiger partial charge >= 0.3 is 0 Å². The van der Waals surface area contributed by atoms with Gasteiger partial charge in [0.05, 0.1) is 7.11 Å². The van der Waals surface area contributed by atoms with Crippen LogP contribution in [0.5, 0.6) is 5.75 Å². The molecule has 1 fully saturated rings. The maximum absolute atomic E-state index is 13.3. The molecule has 0 N–H and O–H groups in total. The van der Waals surface area contributed by atoms with Crippen molar-refractivity contribution in [2.24, 2.45) is 0 Å². The summed E-state index contributed by atoms with van der Waals surface area (Å²) in [4.78, 5) is 15.1. The lowest BCUT2D eigenvalue weighted by Crippen LogP contribution is -2.36. The van der Waals surface area contributed by atoms with Crippen LogP contribution in [0, 0.1) is 0 Å². The van der Waals surface area contributed by atoms with Crippen molar-refractivity contribution in [3.63, 3.8) is 0 Å². The van der Waals surface area contributed by atoms with Gasteiger partial charge in [-0.3, -0.25) is 4.79 Å². The van der Waals surface area contributed by atoms with Crippen molar-refractivity contribution in [2.75, 3.05) is 25.1 Å². The first-order valence-corrected chi connectivity index (χ1v) is 11.0. The zero-order valence-electron chi connectivity index (χ0n) is 16.1. The maximum atomic E-state index is 13.3. The molecule has 0 aromatic heterocycles. The van der Waals surface area contributed by atoms with E-state index in [0.717, 1.165) is 30.5 Å². The Morgan fingerprint density at radius 1 is 1.11 bits per heavy atom. The van der Waals surface area contributed by atoms with Gasteiger partial charge in [0.15, 0.2) is 0 Å². The lowest BCUT2D eigenvalue weighted by molar-refractivity contribution is 0.0981. The van der Waals surface area contributed by atoms with Crippen molar-refractivity contribution in [1.82, 2.24) is 4.31 Å². The summed E-state index contributed by atoms with van der Waals surface area (Å²) in [7, 11) is -2.25. The summed E-state index contributed by atoms with van der Waals surface area (Å²) in [6.07, 6.45) is 2.49. The maximum Gasteiger partial charge on any atom is 0.258 e. The van der Waals surface area contributed by atoms with Crippen molar-refractivity contribution in [1.29, 1.82) is 0 Å². The summed E-state index contributed by atoms with van der Waals surface area (Å²) in [5.74, 6) is 0.0660. The highest BCUT2D eigenvalue weighted by atomic mass is 32.2. The fraction of sp³-hybridized carbons (Fsp3) is 0.381. The second-order valence-electron chi connectivity index (χ2n) is 7.33. The number of amides is 1. The van der Waals surface area contributed by atoms with Crippen LogP contribution in [0.25, 0.3) is 0 Å². The molecule has 1 atom stereocenters. The Morgan fingerprint density at radius 3 is 2.54 bits per heavy atom. The van der Waals surface area contributed by atoms with E-state index in [1.807, 2.05) is 31.2 Å². The van der Waals surface area contributed by atoms with Crippen molar-refractivity contribution in [2.45, 2.75) is 37.1 Å². The minimum absolute atomic E-state index is 0.0191. The molecular formula is C21H24N2O4S. The Labute approximate surface area is 165 Å². The first kappa shape index (κ1) is 19.0. The van der Waals surface area contributed by atoms with E-state index in [1.165, 1.54) is 17.5 Å². The van der Waals surface area contributed by atoms with Gasteiger partial charge < -0.3 is 9.64 Å². The van der Waals surface area contributed by atoms with E-state index in [-0.39, 0.29) is 22.6 Å². The number of rotatable bonds is 4. The van der Waals surface area contributed by atoms with E-state index in [9.17, 15) is 13.2 Å². The Morgan fingerprint density at radius 2 is 1.82 bits per heavy atom. The minimum Gasteiger partial charge on any atom is -0.495 e. The van der Waals surface area contributed by atoms with Crippen LogP contribution in [0.2, 0.25) is 0 Å². The summed E-state index contributed by atoms with van der Waals surface area (Å²) in [6, 6.07) is 12.5. The molecule has 1 saturated heterocycles. The van der Waals surface area contributed by atoms with Gasteiger partial charge in [0.2, 0.25) is 10.0 Å². The van der Waals surface area contributed by atoms with Crippen LogP contribution in [-0.4, -0.2) is 44.9 Å². The standard InChI is InChI=1S/C21H24N2O4S/c1-15-13-16-7-3-4-8-18(16)23(15)21(24)17-9-10-19(27-2)20(14-17)28(25,26)22-11-5-6-12-22/h3-4,7-10,14-15H,5-6,11-13H2,1-2H3/t15-/m0/s1. The molecule has 2 aromatic carbocycles. The zero-order valence-corrected chi connectivity index (χ0v) is 16.9. The summed E-state index contributed by atoms with van der Waals surface area (Å²) in [5, 5.41) is 0. The molecule has 148 valence electrons. The molecule has 2 aromatic rings. The smallest absolute Gasteiger partial charge is 0.258 e. The van der Waals surface area contributed by atoms with Gasteiger partial charge in [-0.15, -0.1) is 0 Å². The second-order valence-corrected chi connectivity index (χ2v) is 9.24. The molecule has 0 aliphatic carbocycles. The van der Waals surface area contributed by atoms with Gasteiger partial charge in [-0.25, -0.2) is 8.42 Å². The molecule has 0 bridgehead atoms. The molecule has 28 heavy (non-hydrogen) atoms. The predicted molar refractivity (Wildman–Crippen MR) is 107 cm³/mol. The van der Waals surface area contributed by atoms with Crippen LogP contribution in [0.3, 0.4) is 0 Å². The molecule has 7 heteroatoms. The molecule has 0 saturated carbocycles. The number of methoxy groups -OCH3 is 1. The zero-order chi connectivity index (χ0) is 19.9. The number of benzene rings is 2. The topological polar surface area (TPSA) is 66.9 Å². The number of anilines is 1. The van der Waals surface area contributed by atoms with Crippen LogP contribution in [0.15, 0.2) is 47.4 Å². The monoisotopic (exact) mass is 400 g/mol. The molecule has 2 aliphatic rings. The molecule has 1 amide bonds. The van der Waals surface area contributed by atoms with Gasteiger partial charge in [0.25, 0.3) is 5.91 Å². The Hall–Kier alpha value is -2.38. The third-order valence-electron chi connectivity index (χ3n) is 5.52. The Bertz CT molecular complexity index is 1010. The van der Waals surface area contributed by atoms with E-state index < -0.39 is 10.0 Å². The van der Waals surface area contributed by atoms with E-state index in [1.54, 1.807) is 17.0 Å². The highest BCUT2D eigenvalue weighted by Gasteiger charge is 2.34. The number of carbonyl (C=O) groups excluding carboxylic acids is 1. The van der Waals surface area contributed by atoms with Crippen LogP contribution >= 0.6 is 0 Å². The molecule has 2 heterocycles. The first-order valence-electron chi connectivity index (χ1n) is 9.53. The lowest BCUT2D eigenvalue weighted by Gasteiger charge is -2.24. The van der Waals surface area contributed by atoms with Gasteiger partial charge in [0.1, 0.15) is 10.6 Å². The highest BCUT2D eigenvalue weighted by Crippen LogP contribution is 2.35. The number of fused-ring (bicyclic) bond motifs is 1.